The summed E-state index contributed by atoms with van der Waals surface area (Å²) in [4.78, 5) is 29.4. The third-order valence-electron chi connectivity index (χ3n) is 4.74. The number of fused-ring (bicyclic) bond motifs is 1. The fourth-order valence-electron chi connectivity index (χ4n) is 3.25. The molecule has 3 aromatic rings. The number of thiazole rings is 1. The van der Waals surface area contributed by atoms with Gasteiger partial charge in [0.05, 0.1) is 38.2 Å². The van der Waals surface area contributed by atoms with E-state index in [9.17, 15) is 9.59 Å². The maximum Gasteiger partial charge on any atom is 0.326 e. The third kappa shape index (κ3) is 5.61. The number of esters is 1. The lowest BCUT2D eigenvalue weighted by Gasteiger charge is -2.12. The minimum Gasteiger partial charge on any atom is -0.493 e. The number of amides is 1. The lowest BCUT2D eigenvalue weighted by atomic mass is 10.1. The number of benzene rings is 2. The lowest BCUT2D eigenvalue weighted by Crippen LogP contribution is -2.22. The molecule has 0 fully saturated rings. The minimum atomic E-state index is -0.468. The summed E-state index contributed by atoms with van der Waals surface area (Å²) in [5.41, 5.74) is 2.57. The second kappa shape index (κ2) is 10.8. The van der Waals surface area contributed by atoms with Crippen LogP contribution in [0.1, 0.15) is 18.1 Å². The highest BCUT2D eigenvalue weighted by Crippen LogP contribution is 2.38. The molecular weight excluding hydrogens is 444 g/mol. The number of hydrogen-bond donors (Lipinski definition) is 0. The fraction of sp³-hybridized carbons (Fsp3) is 0.292. The first kappa shape index (κ1) is 24.1. The molecule has 1 heterocycles. The Balaban J connectivity index is 1.98. The molecule has 0 radical (unpaired) electrons. The van der Waals surface area contributed by atoms with E-state index in [4.69, 9.17) is 18.9 Å². The van der Waals surface area contributed by atoms with Crippen molar-refractivity contribution in [2.75, 3.05) is 27.9 Å². The topological polar surface area (TPSA) is 88.4 Å². The molecule has 2 aromatic carbocycles. The van der Waals surface area contributed by atoms with Gasteiger partial charge in [0.15, 0.2) is 16.3 Å². The minimum absolute atomic E-state index is 0.0282. The van der Waals surface area contributed by atoms with Crippen LogP contribution in [0.15, 0.2) is 41.4 Å². The van der Waals surface area contributed by atoms with Crippen LogP contribution in [0.5, 0.6) is 17.2 Å². The van der Waals surface area contributed by atoms with Gasteiger partial charge in [0.1, 0.15) is 6.54 Å². The molecule has 9 heteroatoms. The Kier molecular flexibility index (Phi) is 7.89. The van der Waals surface area contributed by atoms with E-state index >= 15 is 0 Å². The van der Waals surface area contributed by atoms with Crippen molar-refractivity contribution in [3.8, 4) is 17.2 Å². The predicted octanol–water partition coefficient (Wildman–Crippen LogP) is 3.74. The summed E-state index contributed by atoms with van der Waals surface area (Å²) < 4.78 is 23.7. The molecule has 174 valence electrons. The van der Waals surface area contributed by atoms with Gasteiger partial charge >= 0.3 is 5.97 Å². The summed E-state index contributed by atoms with van der Waals surface area (Å²) in [6, 6.07) is 9.32. The van der Waals surface area contributed by atoms with E-state index in [1.54, 1.807) is 29.7 Å². The predicted molar refractivity (Wildman–Crippen MR) is 127 cm³/mol. The smallest absolute Gasteiger partial charge is 0.326 e. The summed E-state index contributed by atoms with van der Waals surface area (Å²) >= 11 is 1.34. The summed E-state index contributed by atoms with van der Waals surface area (Å²) in [7, 11) is 4.57. The highest BCUT2D eigenvalue weighted by Gasteiger charge is 2.13. The van der Waals surface area contributed by atoms with Gasteiger partial charge in [-0.3, -0.25) is 9.59 Å². The number of methoxy groups -OCH3 is 3. The molecule has 0 bridgehead atoms. The first-order chi connectivity index (χ1) is 15.9. The molecule has 0 aliphatic heterocycles. The van der Waals surface area contributed by atoms with Crippen LogP contribution in [0.4, 0.5) is 0 Å². The largest absolute Gasteiger partial charge is 0.493 e. The Morgan fingerprint density at radius 1 is 1.06 bits per heavy atom. The second-order valence-corrected chi connectivity index (χ2v) is 8.00. The number of carbonyl (C=O) groups is 2. The van der Waals surface area contributed by atoms with Crippen LogP contribution in [0.25, 0.3) is 16.3 Å². The molecule has 0 saturated heterocycles. The van der Waals surface area contributed by atoms with Crippen molar-refractivity contribution < 1.29 is 28.5 Å². The molecule has 33 heavy (non-hydrogen) atoms. The summed E-state index contributed by atoms with van der Waals surface area (Å²) in [6.45, 7) is 3.99. The van der Waals surface area contributed by atoms with Gasteiger partial charge in [0.25, 0.3) is 5.91 Å². The Morgan fingerprint density at radius 3 is 2.36 bits per heavy atom. The molecule has 0 aliphatic carbocycles. The maximum atomic E-state index is 12.7. The van der Waals surface area contributed by atoms with Crippen LogP contribution < -0.4 is 19.0 Å². The van der Waals surface area contributed by atoms with E-state index in [1.807, 2.05) is 25.1 Å². The van der Waals surface area contributed by atoms with E-state index in [2.05, 4.69) is 4.99 Å². The van der Waals surface area contributed by atoms with E-state index in [1.165, 1.54) is 38.7 Å². The van der Waals surface area contributed by atoms with E-state index in [-0.39, 0.29) is 19.1 Å². The number of aryl methyl sites for hydroxylation is 1. The van der Waals surface area contributed by atoms with Crippen molar-refractivity contribution in [2.45, 2.75) is 20.4 Å². The number of nitrogens with zero attached hydrogens (tertiary/aromatic N) is 2. The monoisotopic (exact) mass is 470 g/mol. The van der Waals surface area contributed by atoms with Crippen molar-refractivity contribution in [3.63, 3.8) is 0 Å². The first-order valence-corrected chi connectivity index (χ1v) is 11.0. The van der Waals surface area contributed by atoms with Gasteiger partial charge in [-0.1, -0.05) is 17.4 Å². The standard InChI is InChI=1S/C24H26N2O6S/c1-6-32-22(28)14-26-17-9-7-15(2)11-20(17)33-24(26)25-21(27)10-8-16-12-18(29-3)23(31-5)19(13-16)30-4/h7-13H,6,14H2,1-5H3/b10-8-,25-24?. The summed E-state index contributed by atoms with van der Waals surface area (Å²) in [5, 5.41) is 0. The normalized spacial score (nSPS) is 11.7. The van der Waals surface area contributed by atoms with Crippen molar-refractivity contribution in [1.29, 1.82) is 0 Å². The van der Waals surface area contributed by atoms with E-state index in [0.29, 0.717) is 27.6 Å². The van der Waals surface area contributed by atoms with Gasteiger partial charge in [-0.25, -0.2) is 0 Å². The average Bonchev–Trinajstić information content (AvgIpc) is 3.12. The highest BCUT2D eigenvalue weighted by molar-refractivity contribution is 7.16. The zero-order chi connectivity index (χ0) is 24.0. The highest BCUT2D eigenvalue weighted by atomic mass is 32.1. The maximum absolute atomic E-state index is 12.7. The van der Waals surface area contributed by atoms with Crippen LogP contribution in [-0.2, 0) is 20.9 Å². The number of carbonyl (C=O) groups excluding carboxylic acids is 2. The van der Waals surface area contributed by atoms with Crippen LogP contribution >= 0.6 is 11.3 Å². The zero-order valence-electron chi connectivity index (χ0n) is 19.2. The SMILES string of the molecule is CCOC(=O)Cn1c(=NC(=O)/C=C\c2cc(OC)c(OC)c(OC)c2)sc2cc(C)ccc21. The molecule has 8 nitrogen and oxygen atoms in total. The van der Waals surface area contributed by atoms with Crippen molar-refractivity contribution in [1.82, 2.24) is 4.57 Å². The number of rotatable bonds is 8. The van der Waals surface area contributed by atoms with Gasteiger partial charge in [-0.15, -0.1) is 0 Å². The number of hydrogen-bond acceptors (Lipinski definition) is 7. The third-order valence-corrected chi connectivity index (χ3v) is 5.78. The second-order valence-electron chi connectivity index (χ2n) is 6.99. The molecule has 0 spiro atoms. The Hall–Kier alpha value is -3.59. The molecule has 1 aromatic heterocycles. The Morgan fingerprint density at radius 2 is 1.76 bits per heavy atom. The molecule has 0 atom stereocenters. The lowest BCUT2D eigenvalue weighted by molar-refractivity contribution is -0.143. The first-order valence-electron chi connectivity index (χ1n) is 10.2. The van der Waals surface area contributed by atoms with Crippen LogP contribution in [-0.4, -0.2) is 44.4 Å². The van der Waals surface area contributed by atoms with Gasteiger partial charge < -0.3 is 23.5 Å². The zero-order valence-corrected chi connectivity index (χ0v) is 20.0. The molecule has 0 saturated carbocycles. The van der Waals surface area contributed by atoms with Crippen LogP contribution in [0.3, 0.4) is 0 Å². The van der Waals surface area contributed by atoms with E-state index in [0.717, 1.165) is 15.8 Å². The Bertz CT molecular complexity index is 1250. The van der Waals surface area contributed by atoms with Crippen molar-refractivity contribution in [2.24, 2.45) is 4.99 Å². The van der Waals surface area contributed by atoms with Gasteiger partial charge in [0.2, 0.25) is 5.75 Å². The molecule has 3 rings (SSSR count). The molecule has 1 amide bonds. The molecule has 0 aliphatic rings. The summed E-state index contributed by atoms with van der Waals surface area (Å²) in [6.07, 6.45) is 2.97. The molecular formula is C24H26N2O6S. The summed E-state index contributed by atoms with van der Waals surface area (Å²) in [5.74, 6) is 0.569. The Labute approximate surface area is 195 Å². The number of aromatic nitrogens is 1. The van der Waals surface area contributed by atoms with Crippen LogP contribution in [0.2, 0.25) is 0 Å². The van der Waals surface area contributed by atoms with Gasteiger partial charge in [0, 0.05) is 6.08 Å². The van der Waals surface area contributed by atoms with Crippen LogP contribution in [0, 0.1) is 6.92 Å². The van der Waals surface area contributed by atoms with Gasteiger partial charge in [-0.2, -0.15) is 4.99 Å². The van der Waals surface area contributed by atoms with Crippen molar-refractivity contribution >= 4 is 39.5 Å². The quantitative estimate of drug-likeness (QED) is 0.368. The molecule has 0 unspecified atom stereocenters. The average molecular weight is 471 g/mol. The van der Waals surface area contributed by atoms with Gasteiger partial charge in [-0.05, 0) is 55.3 Å². The van der Waals surface area contributed by atoms with E-state index < -0.39 is 5.91 Å². The van der Waals surface area contributed by atoms with Crippen molar-refractivity contribution in [3.05, 3.63) is 52.3 Å². The number of ether oxygens (including phenoxy) is 4. The molecule has 0 N–H and O–H groups in total. The fourth-order valence-corrected chi connectivity index (χ4v) is 4.38.